The van der Waals surface area contributed by atoms with Crippen molar-refractivity contribution in [3.8, 4) is 6.07 Å². The van der Waals surface area contributed by atoms with E-state index in [0.717, 1.165) is 5.56 Å². The molecule has 1 aromatic heterocycles. The van der Waals surface area contributed by atoms with Crippen molar-refractivity contribution in [3.63, 3.8) is 0 Å². The number of hydrogen-bond acceptors (Lipinski definition) is 5. The average molecular weight is 258 g/mol. The number of nitrogens with zero attached hydrogens (tertiary/aromatic N) is 4. The third-order valence-electron chi connectivity index (χ3n) is 2.40. The van der Waals surface area contributed by atoms with Crippen LogP contribution >= 0.6 is 0 Å². The Morgan fingerprint density at radius 1 is 1.26 bits per heavy atom. The van der Waals surface area contributed by atoms with Gasteiger partial charge in [-0.05, 0) is 24.6 Å². The smallest absolute Gasteiger partial charge is 0.179 e. The first-order valence-corrected chi connectivity index (χ1v) is 5.93. The zero-order valence-electron chi connectivity index (χ0n) is 10.6. The second-order valence-electron chi connectivity index (χ2n) is 3.84. The predicted molar refractivity (Wildman–Crippen MR) is 66.7 cm³/mol. The molecule has 2 rings (SSSR count). The van der Waals surface area contributed by atoms with E-state index in [4.69, 9.17) is 15.0 Å². The summed E-state index contributed by atoms with van der Waals surface area (Å²) in [7, 11) is 0. The summed E-state index contributed by atoms with van der Waals surface area (Å²) in [5.41, 5.74) is 1.70. The molecule has 19 heavy (non-hydrogen) atoms. The van der Waals surface area contributed by atoms with E-state index in [2.05, 4.69) is 16.2 Å². The van der Waals surface area contributed by atoms with Gasteiger partial charge < -0.3 is 0 Å². The fourth-order valence-electron chi connectivity index (χ4n) is 1.52. The summed E-state index contributed by atoms with van der Waals surface area (Å²) in [6.45, 7) is 3.17. The van der Waals surface area contributed by atoms with Crippen molar-refractivity contribution in [2.45, 2.75) is 20.1 Å². The average Bonchev–Trinajstić information content (AvgIpc) is 2.88. The standard InChI is InChI=1S/C13H14N4O2/c1-2-18-19-9-13-15-10-17(16-13)8-12-5-3-11(7-14)4-6-12/h3-6,10H,2,8-9H2,1H3. The SMILES string of the molecule is CCOOCc1ncn(Cc2ccc(C#N)cc2)n1. The fraction of sp³-hybridized carbons (Fsp3) is 0.308. The van der Waals surface area contributed by atoms with Gasteiger partial charge in [-0.25, -0.2) is 19.4 Å². The summed E-state index contributed by atoms with van der Waals surface area (Å²) in [5, 5.41) is 13.0. The summed E-state index contributed by atoms with van der Waals surface area (Å²) < 4.78 is 1.71. The van der Waals surface area contributed by atoms with Crippen molar-refractivity contribution in [2.75, 3.05) is 6.61 Å². The lowest BCUT2D eigenvalue weighted by molar-refractivity contribution is -0.301. The first kappa shape index (κ1) is 13.2. The maximum Gasteiger partial charge on any atom is 0.179 e. The molecule has 0 N–H and O–H groups in total. The monoisotopic (exact) mass is 258 g/mol. The number of rotatable bonds is 6. The molecule has 6 nitrogen and oxygen atoms in total. The summed E-state index contributed by atoms with van der Waals surface area (Å²) in [6, 6.07) is 9.45. The molecule has 0 unspecified atom stereocenters. The van der Waals surface area contributed by atoms with E-state index in [1.165, 1.54) is 0 Å². The quantitative estimate of drug-likeness (QED) is 0.447. The van der Waals surface area contributed by atoms with Crippen LogP contribution in [0.1, 0.15) is 23.9 Å². The van der Waals surface area contributed by atoms with E-state index in [1.54, 1.807) is 23.1 Å². The molecule has 0 amide bonds. The largest absolute Gasteiger partial charge is 0.248 e. The maximum atomic E-state index is 8.72. The van der Waals surface area contributed by atoms with Gasteiger partial charge in [0.1, 0.15) is 12.9 Å². The highest BCUT2D eigenvalue weighted by molar-refractivity contribution is 5.31. The minimum Gasteiger partial charge on any atom is -0.248 e. The molecule has 6 heteroatoms. The summed E-state index contributed by atoms with van der Waals surface area (Å²) in [4.78, 5) is 13.8. The van der Waals surface area contributed by atoms with Crippen LogP contribution in [0.4, 0.5) is 0 Å². The Kier molecular flexibility index (Phi) is 4.61. The molecule has 1 aromatic carbocycles. The van der Waals surface area contributed by atoms with Crippen LogP contribution in [0, 0.1) is 11.3 Å². The molecule has 0 aliphatic heterocycles. The van der Waals surface area contributed by atoms with Gasteiger partial charge in [0, 0.05) is 0 Å². The molecule has 0 saturated carbocycles. The molecule has 98 valence electrons. The molecule has 0 bridgehead atoms. The molecule has 0 radical (unpaired) electrons. The normalized spacial score (nSPS) is 10.3. The fourth-order valence-corrected chi connectivity index (χ4v) is 1.52. The molecular formula is C13H14N4O2. The highest BCUT2D eigenvalue weighted by Gasteiger charge is 2.02. The van der Waals surface area contributed by atoms with Gasteiger partial charge in [-0.3, -0.25) is 0 Å². The Hall–Kier alpha value is -2.23. The molecule has 0 aliphatic carbocycles. The lowest BCUT2D eigenvalue weighted by Gasteiger charge is -2.01. The van der Waals surface area contributed by atoms with Gasteiger partial charge in [-0.2, -0.15) is 10.4 Å². The Morgan fingerprint density at radius 2 is 2.05 bits per heavy atom. The van der Waals surface area contributed by atoms with Gasteiger partial charge in [-0.1, -0.05) is 12.1 Å². The summed E-state index contributed by atoms with van der Waals surface area (Å²) >= 11 is 0. The van der Waals surface area contributed by atoms with Crippen LogP contribution in [0.3, 0.4) is 0 Å². The maximum absolute atomic E-state index is 8.72. The van der Waals surface area contributed by atoms with Gasteiger partial charge >= 0.3 is 0 Å². The summed E-state index contributed by atoms with van der Waals surface area (Å²) in [5.74, 6) is 0.571. The van der Waals surface area contributed by atoms with Crippen LogP contribution in [0.25, 0.3) is 0 Å². The van der Waals surface area contributed by atoms with Crippen molar-refractivity contribution >= 4 is 0 Å². The zero-order chi connectivity index (χ0) is 13.5. The van der Waals surface area contributed by atoms with Crippen LogP contribution in [-0.2, 0) is 22.9 Å². The lowest BCUT2D eigenvalue weighted by atomic mass is 10.1. The van der Waals surface area contributed by atoms with E-state index < -0.39 is 0 Å². The predicted octanol–water partition coefficient (Wildman–Crippen LogP) is 1.67. The Bertz CT molecular complexity index is 557. The molecule has 0 fully saturated rings. The van der Waals surface area contributed by atoms with E-state index in [1.807, 2.05) is 19.1 Å². The molecule has 1 heterocycles. The second kappa shape index (κ2) is 6.64. The van der Waals surface area contributed by atoms with Gasteiger partial charge in [0.15, 0.2) is 5.82 Å². The van der Waals surface area contributed by atoms with Crippen LogP contribution < -0.4 is 0 Å². The molecule has 2 aromatic rings. The van der Waals surface area contributed by atoms with E-state index in [9.17, 15) is 0 Å². The summed E-state index contributed by atoms with van der Waals surface area (Å²) in [6.07, 6.45) is 1.64. The Labute approximate surface area is 111 Å². The van der Waals surface area contributed by atoms with Crippen LogP contribution in [-0.4, -0.2) is 21.4 Å². The minimum atomic E-state index is 0.230. The van der Waals surface area contributed by atoms with Gasteiger partial charge in [0.05, 0.1) is 24.8 Å². The molecule has 0 saturated heterocycles. The highest BCUT2D eigenvalue weighted by atomic mass is 17.2. The topological polar surface area (TPSA) is 73.0 Å². The van der Waals surface area contributed by atoms with E-state index in [-0.39, 0.29) is 6.61 Å². The Morgan fingerprint density at radius 3 is 2.74 bits per heavy atom. The molecular weight excluding hydrogens is 244 g/mol. The Balaban J connectivity index is 1.93. The number of benzene rings is 1. The zero-order valence-corrected chi connectivity index (χ0v) is 10.6. The number of aromatic nitrogens is 3. The molecule has 0 spiro atoms. The van der Waals surface area contributed by atoms with E-state index >= 15 is 0 Å². The van der Waals surface area contributed by atoms with E-state index in [0.29, 0.717) is 24.5 Å². The van der Waals surface area contributed by atoms with Crippen LogP contribution in [0.15, 0.2) is 30.6 Å². The highest BCUT2D eigenvalue weighted by Crippen LogP contribution is 2.05. The first-order valence-electron chi connectivity index (χ1n) is 5.93. The van der Waals surface area contributed by atoms with Crippen molar-refractivity contribution in [2.24, 2.45) is 0 Å². The van der Waals surface area contributed by atoms with Gasteiger partial charge in [0.2, 0.25) is 0 Å². The third-order valence-corrected chi connectivity index (χ3v) is 2.40. The molecule has 0 aliphatic rings. The van der Waals surface area contributed by atoms with Gasteiger partial charge in [0.25, 0.3) is 0 Å². The lowest BCUT2D eigenvalue weighted by Crippen LogP contribution is -2.02. The number of nitriles is 1. The second-order valence-corrected chi connectivity index (χ2v) is 3.84. The van der Waals surface area contributed by atoms with Crippen LogP contribution in [0.5, 0.6) is 0 Å². The third kappa shape index (κ3) is 3.88. The van der Waals surface area contributed by atoms with Crippen molar-refractivity contribution in [1.29, 1.82) is 5.26 Å². The van der Waals surface area contributed by atoms with Crippen molar-refractivity contribution in [1.82, 2.24) is 14.8 Å². The minimum absolute atomic E-state index is 0.230. The first-order chi connectivity index (χ1) is 9.31. The van der Waals surface area contributed by atoms with Crippen LogP contribution in [0.2, 0.25) is 0 Å². The van der Waals surface area contributed by atoms with Gasteiger partial charge in [-0.15, -0.1) is 0 Å². The van der Waals surface area contributed by atoms with Crippen molar-refractivity contribution < 1.29 is 9.78 Å². The molecule has 0 atom stereocenters. The van der Waals surface area contributed by atoms with Crippen molar-refractivity contribution in [3.05, 3.63) is 47.5 Å². The number of hydrogen-bond donors (Lipinski definition) is 0.